The van der Waals surface area contributed by atoms with Crippen LogP contribution in [0.25, 0.3) is 0 Å². The number of nitrogens with zero attached hydrogens (tertiary/aromatic N) is 2. The van der Waals surface area contributed by atoms with E-state index in [0.29, 0.717) is 6.61 Å². The molecule has 2 aliphatic rings. The third-order valence-corrected chi connectivity index (χ3v) is 6.64. The van der Waals surface area contributed by atoms with Crippen molar-refractivity contribution >= 4 is 29.0 Å². The molecule has 2 aliphatic heterocycles. The van der Waals surface area contributed by atoms with Crippen molar-refractivity contribution in [1.82, 2.24) is 9.88 Å². The number of rotatable bonds is 4. The minimum atomic E-state index is 0.162. The molecule has 1 amide bonds. The molecule has 2 aromatic rings. The average molecular weight is 346 g/mol. The number of ether oxygens (including phenoxy) is 1. The number of hydrogen-bond donors (Lipinski definition) is 0. The predicted molar refractivity (Wildman–Crippen MR) is 92.8 cm³/mol. The van der Waals surface area contributed by atoms with Gasteiger partial charge in [-0.05, 0) is 30.0 Å². The van der Waals surface area contributed by atoms with E-state index in [-0.39, 0.29) is 16.8 Å². The third kappa shape index (κ3) is 3.16. The molecule has 1 spiro atoms. The Morgan fingerprint density at radius 2 is 2.30 bits per heavy atom. The van der Waals surface area contributed by atoms with Crippen LogP contribution in [0, 0.1) is 0 Å². The van der Waals surface area contributed by atoms with Crippen molar-refractivity contribution in [3.8, 4) is 0 Å². The summed E-state index contributed by atoms with van der Waals surface area (Å²) in [5.41, 5.74) is 1.79. The van der Waals surface area contributed by atoms with Gasteiger partial charge in [0.25, 0.3) is 5.91 Å². The summed E-state index contributed by atoms with van der Waals surface area (Å²) in [5, 5.41) is 3.88. The monoisotopic (exact) mass is 346 g/mol. The van der Waals surface area contributed by atoms with Gasteiger partial charge in [-0.3, -0.25) is 9.78 Å². The van der Waals surface area contributed by atoms with Crippen LogP contribution in [0.3, 0.4) is 0 Å². The summed E-state index contributed by atoms with van der Waals surface area (Å²) in [6.45, 7) is 2.26. The summed E-state index contributed by atoms with van der Waals surface area (Å²) >= 11 is 3.53. The normalized spacial score (nSPS) is 22.3. The van der Waals surface area contributed by atoms with Crippen molar-refractivity contribution in [3.63, 3.8) is 0 Å². The number of thioether (sulfide) groups is 1. The molecular formula is C17H18N2O2S2. The van der Waals surface area contributed by atoms with E-state index in [1.54, 1.807) is 17.5 Å². The Balaban J connectivity index is 1.27. The smallest absolute Gasteiger partial charge is 0.254 e. The fraction of sp³-hybridized carbons (Fsp3) is 0.412. The lowest BCUT2D eigenvalue weighted by molar-refractivity contribution is 0.0245. The van der Waals surface area contributed by atoms with Crippen LogP contribution in [0.4, 0.5) is 0 Å². The quantitative estimate of drug-likeness (QED) is 0.853. The first kappa shape index (κ1) is 15.2. The molecule has 0 aromatic carbocycles. The van der Waals surface area contributed by atoms with Crippen molar-refractivity contribution in [1.29, 1.82) is 0 Å². The van der Waals surface area contributed by atoms with Gasteiger partial charge in [-0.25, -0.2) is 0 Å². The van der Waals surface area contributed by atoms with Gasteiger partial charge < -0.3 is 9.64 Å². The molecule has 0 N–H and O–H groups in total. The Labute approximate surface area is 143 Å². The van der Waals surface area contributed by atoms with Crippen molar-refractivity contribution < 1.29 is 9.53 Å². The molecule has 2 aromatic heterocycles. The van der Waals surface area contributed by atoms with E-state index in [4.69, 9.17) is 4.74 Å². The molecule has 0 unspecified atom stereocenters. The molecular weight excluding hydrogens is 328 g/mol. The van der Waals surface area contributed by atoms with Crippen LogP contribution in [0.5, 0.6) is 0 Å². The molecule has 2 fully saturated rings. The minimum absolute atomic E-state index is 0.162. The molecule has 23 heavy (non-hydrogen) atoms. The Bertz CT molecular complexity index is 669. The van der Waals surface area contributed by atoms with Crippen LogP contribution < -0.4 is 0 Å². The third-order valence-electron chi connectivity index (χ3n) is 4.38. The van der Waals surface area contributed by atoms with Gasteiger partial charge in [-0.1, -0.05) is 6.07 Å². The average Bonchev–Trinajstić information content (AvgIpc) is 3.22. The number of carbonyl (C=O) groups is 1. The summed E-state index contributed by atoms with van der Waals surface area (Å²) in [6, 6.07) is 7.79. The first-order valence-corrected chi connectivity index (χ1v) is 9.64. The molecule has 1 atom stereocenters. The second-order valence-electron chi connectivity index (χ2n) is 6.13. The molecule has 4 nitrogen and oxygen atoms in total. The van der Waals surface area contributed by atoms with Gasteiger partial charge in [-0.2, -0.15) is 11.3 Å². The zero-order valence-corrected chi connectivity index (χ0v) is 14.3. The van der Waals surface area contributed by atoms with E-state index < -0.39 is 0 Å². The number of amides is 1. The van der Waals surface area contributed by atoms with Crippen molar-refractivity contribution in [2.45, 2.75) is 23.9 Å². The predicted octanol–water partition coefficient (Wildman–Crippen LogP) is 3.06. The Morgan fingerprint density at radius 3 is 3.04 bits per heavy atom. The number of pyridine rings is 1. The van der Waals surface area contributed by atoms with E-state index in [1.165, 1.54) is 0 Å². The Hall–Kier alpha value is -1.37. The first-order valence-electron chi connectivity index (χ1n) is 7.71. The van der Waals surface area contributed by atoms with Crippen LogP contribution >= 0.6 is 23.1 Å². The van der Waals surface area contributed by atoms with E-state index >= 15 is 0 Å². The lowest BCUT2D eigenvalue weighted by Crippen LogP contribution is -2.60. The zero-order valence-electron chi connectivity index (χ0n) is 12.7. The molecule has 2 saturated heterocycles. The lowest BCUT2D eigenvalue weighted by Gasteiger charge is -2.47. The van der Waals surface area contributed by atoms with Gasteiger partial charge in [-0.15, -0.1) is 11.8 Å². The number of aromatic nitrogens is 1. The second-order valence-corrected chi connectivity index (χ2v) is 8.39. The maximum Gasteiger partial charge on any atom is 0.254 e. The standard InChI is InChI=1S/C17H18N2O2S2/c20-16(13-4-6-22-9-13)19-11-17(12-19)7-15(10-23-17)21-8-14-3-1-2-5-18-14/h1-6,9,15H,7-8,10-12H2/t15-/m1/s1. The van der Waals surface area contributed by atoms with E-state index in [9.17, 15) is 4.79 Å². The Morgan fingerprint density at radius 1 is 1.39 bits per heavy atom. The fourth-order valence-corrected chi connectivity index (χ4v) is 5.36. The van der Waals surface area contributed by atoms with E-state index in [1.807, 2.05) is 51.7 Å². The van der Waals surface area contributed by atoms with Gasteiger partial charge in [0, 0.05) is 30.4 Å². The van der Waals surface area contributed by atoms with Gasteiger partial charge in [0.1, 0.15) is 0 Å². The largest absolute Gasteiger partial charge is 0.371 e. The minimum Gasteiger partial charge on any atom is -0.371 e. The molecule has 120 valence electrons. The van der Waals surface area contributed by atoms with Crippen molar-refractivity contribution in [3.05, 3.63) is 52.5 Å². The molecule has 0 radical (unpaired) electrons. The first-order chi connectivity index (χ1) is 11.2. The second kappa shape index (κ2) is 6.26. The summed E-state index contributed by atoms with van der Waals surface area (Å²) < 4.78 is 6.21. The van der Waals surface area contributed by atoms with Gasteiger partial charge in [0.05, 0.1) is 28.7 Å². The van der Waals surface area contributed by atoms with Crippen LogP contribution in [0.15, 0.2) is 41.2 Å². The highest BCUT2D eigenvalue weighted by Gasteiger charge is 2.51. The highest BCUT2D eigenvalue weighted by molar-refractivity contribution is 8.01. The number of thiophene rings is 1. The lowest BCUT2D eigenvalue weighted by atomic mass is 9.92. The molecule has 0 saturated carbocycles. The van der Waals surface area contributed by atoms with Crippen LogP contribution in [-0.4, -0.2) is 45.5 Å². The molecule has 6 heteroatoms. The highest BCUT2D eigenvalue weighted by Crippen LogP contribution is 2.46. The number of carbonyl (C=O) groups excluding carboxylic acids is 1. The van der Waals surface area contributed by atoms with E-state index in [2.05, 4.69) is 4.98 Å². The number of likely N-dealkylation sites (tertiary alicyclic amines) is 1. The van der Waals surface area contributed by atoms with Gasteiger partial charge in [0.2, 0.25) is 0 Å². The Kier molecular flexibility index (Phi) is 4.13. The maximum absolute atomic E-state index is 12.3. The van der Waals surface area contributed by atoms with Crippen LogP contribution in [0.1, 0.15) is 22.5 Å². The van der Waals surface area contributed by atoms with Gasteiger partial charge >= 0.3 is 0 Å². The molecule has 4 rings (SSSR count). The number of hydrogen-bond acceptors (Lipinski definition) is 5. The molecule has 0 bridgehead atoms. The van der Waals surface area contributed by atoms with Gasteiger partial charge in [0.15, 0.2) is 0 Å². The summed E-state index contributed by atoms with van der Waals surface area (Å²) in [5.74, 6) is 1.17. The summed E-state index contributed by atoms with van der Waals surface area (Å²) in [4.78, 5) is 18.5. The highest BCUT2D eigenvalue weighted by atomic mass is 32.2. The van der Waals surface area contributed by atoms with Crippen LogP contribution in [0.2, 0.25) is 0 Å². The maximum atomic E-state index is 12.3. The topological polar surface area (TPSA) is 42.4 Å². The van der Waals surface area contributed by atoms with E-state index in [0.717, 1.165) is 36.5 Å². The summed E-state index contributed by atoms with van der Waals surface area (Å²) in [7, 11) is 0. The zero-order chi connectivity index (χ0) is 15.7. The fourth-order valence-electron chi connectivity index (χ4n) is 3.18. The van der Waals surface area contributed by atoms with Crippen molar-refractivity contribution in [2.24, 2.45) is 0 Å². The molecule has 0 aliphatic carbocycles. The molecule has 4 heterocycles. The SMILES string of the molecule is O=C(c1ccsc1)N1CC2(C[C@@H](OCc3ccccn3)CS2)C1. The van der Waals surface area contributed by atoms with Crippen LogP contribution in [-0.2, 0) is 11.3 Å². The summed E-state index contributed by atoms with van der Waals surface area (Å²) in [6.07, 6.45) is 3.09. The van der Waals surface area contributed by atoms with Crippen molar-refractivity contribution in [2.75, 3.05) is 18.8 Å².